The zero-order valence-corrected chi connectivity index (χ0v) is 23.4. The number of carbonyl (C=O) groups excluding carboxylic acids is 2. The first-order valence-electron chi connectivity index (χ1n) is 12.1. The fourth-order valence-corrected chi connectivity index (χ4v) is 6.36. The van der Waals surface area contributed by atoms with Crippen molar-refractivity contribution in [1.29, 1.82) is 0 Å². The van der Waals surface area contributed by atoms with Crippen molar-refractivity contribution in [2.75, 3.05) is 12.9 Å². The van der Waals surface area contributed by atoms with Gasteiger partial charge in [0.2, 0.25) is 5.91 Å². The quantitative estimate of drug-likeness (QED) is 0.311. The summed E-state index contributed by atoms with van der Waals surface area (Å²) in [6, 6.07) is 15.4. The van der Waals surface area contributed by atoms with Gasteiger partial charge in [0, 0.05) is 27.8 Å². The van der Waals surface area contributed by atoms with Crippen molar-refractivity contribution < 1.29 is 14.3 Å². The molecule has 0 bridgehead atoms. The Labute approximate surface area is 223 Å². The summed E-state index contributed by atoms with van der Waals surface area (Å²) in [6.45, 7) is 8.36. The van der Waals surface area contributed by atoms with E-state index < -0.39 is 5.41 Å². The second kappa shape index (κ2) is 12.0. The zero-order valence-electron chi connectivity index (χ0n) is 21.1. The van der Waals surface area contributed by atoms with Crippen molar-refractivity contribution in [3.63, 3.8) is 0 Å². The first-order valence-corrected chi connectivity index (χ1v) is 13.9. The number of amides is 1. The average molecular weight is 537 g/mol. The van der Waals surface area contributed by atoms with Crippen molar-refractivity contribution in [3.05, 3.63) is 69.7 Å². The van der Waals surface area contributed by atoms with Gasteiger partial charge in [0.25, 0.3) is 0 Å². The van der Waals surface area contributed by atoms with Crippen LogP contribution in [-0.2, 0) is 14.3 Å². The number of likely N-dealkylation sites (tertiary alicyclic amines) is 1. The summed E-state index contributed by atoms with van der Waals surface area (Å²) < 4.78 is 5.00. The van der Waals surface area contributed by atoms with Gasteiger partial charge in [-0.15, -0.1) is 0 Å². The molecule has 0 radical (unpaired) electrons. The number of hydrogen-bond donors (Lipinski definition) is 0. The van der Waals surface area contributed by atoms with Crippen molar-refractivity contribution in [3.8, 4) is 0 Å². The summed E-state index contributed by atoms with van der Waals surface area (Å²) in [5.41, 5.74) is 1.19. The highest BCUT2D eigenvalue weighted by atomic mass is 35.5. The molecule has 2 unspecified atom stereocenters. The lowest BCUT2D eigenvalue weighted by Gasteiger charge is -2.52. The summed E-state index contributed by atoms with van der Waals surface area (Å²) >= 11 is 14.5. The van der Waals surface area contributed by atoms with E-state index in [1.165, 1.54) is 7.11 Å². The van der Waals surface area contributed by atoms with E-state index in [0.717, 1.165) is 23.3 Å². The van der Waals surface area contributed by atoms with E-state index in [0.29, 0.717) is 21.7 Å². The second-order valence-corrected chi connectivity index (χ2v) is 12.3. The first kappa shape index (κ1) is 27.9. The molecular weight excluding hydrogens is 501 g/mol. The number of methoxy groups -OCH3 is 1. The van der Waals surface area contributed by atoms with Crippen molar-refractivity contribution in [2.45, 2.75) is 70.2 Å². The molecule has 0 aliphatic carbocycles. The molecule has 7 heteroatoms. The van der Waals surface area contributed by atoms with Crippen LogP contribution in [0.5, 0.6) is 0 Å². The van der Waals surface area contributed by atoms with Gasteiger partial charge in [0.15, 0.2) is 0 Å². The molecule has 1 aliphatic rings. The lowest BCUT2D eigenvalue weighted by Crippen LogP contribution is -2.56. The minimum Gasteiger partial charge on any atom is -0.469 e. The number of hydrogen-bond acceptors (Lipinski definition) is 4. The molecule has 4 nitrogen and oxygen atoms in total. The molecule has 0 N–H and O–H groups in total. The largest absolute Gasteiger partial charge is 0.469 e. The Bertz CT molecular complexity index is 1030. The van der Waals surface area contributed by atoms with Crippen molar-refractivity contribution in [1.82, 2.24) is 4.90 Å². The highest BCUT2D eigenvalue weighted by molar-refractivity contribution is 7.99. The summed E-state index contributed by atoms with van der Waals surface area (Å²) in [7, 11) is 1.37. The fraction of sp³-hybridized carbons (Fsp3) is 0.500. The number of ether oxygens (including phenoxy) is 1. The summed E-state index contributed by atoms with van der Waals surface area (Å²) in [6.07, 6.45) is 1.36. The Morgan fingerprint density at radius 1 is 1.14 bits per heavy atom. The van der Waals surface area contributed by atoms with Gasteiger partial charge in [-0.3, -0.25) is 9.59 Å². The molecule has 2 aromatic rings. The number of piperidine rings is 1. The van der Waals surface area contributed by atoms with Gasteiger partial charge < -0.3 is 9.64 Å². The minimum atomic E-state index is -0.890. The Balaban J connectivity index is 2.20. The van der Waals surface area contributed by atoms with Gasteiger partial charge in [-0.2, -0.15) is 11.8 Å². The van der Waals surface area contributed by atoms with Crippen LogP contribution in [0.15, 0.2) is 48.5 Å². The molecular formula is C28H35Cl2NO3S. The number of esters is 1. The van der Waals surface area contributed by atoms with Crippen LogP contribution < -0.4 is 0 Å². The summed E-state index contributed by atoms with van der Waals surface area (Å²) in [5.74, 6) is 0.387. The van der Waals surface area contributed by atoms with Crippen LogP contribution in [0.3, 0.4) is 0 Å². The van der Waals surface area contributed by atoms with Crippen LogP contribution in [0.2, 0.25) is 10.0 Å². The van der Waals surface area contributed by atoms with E-state index in [1.54, 1.807) is 0 Å². The lowest BCUT2D eigenvalue weighted by atomic mass is 9.67. The van der Waals surface area contributed by atoms with Crippen LogP contribution in [0.4, 0.5) is 0 Å². The molecule has 0 saturated carbocycles. The Morgan fingerprint density at radius 2 is 1.83 bits per heavy atom. The molecule has 2 aromatic carbocycles. The number of benzene rings is 2. The Morgan fingerprint density at radius 3 is 2.40 bits per heavy atom. The number of carbonyl (C=O) groups is 2. The summed E-state index contributed by atoms with van der Waals surface area (Å²) in [4.78, 5) is 28.8. The predicted octanol–water partition coefficient (Wildman–Crippen LogP) is 7.54. The third-order valence-corrected chi connectivity index (χ3v) is 8.57. The third-order valence-electron chi connectivity index (χ3n) is 6.84. The van der Waals surface area contributed by atoms with Gasteiger partial charge >= 0.3 is 5.97 Å². The number of halogens is 2. The van der Waals surface area contributed by atoms with E-state index in [9.17, 15) is 9.59 Å². The topological polar surface area (TPSA) is 46.6 Å². The van der Waals surface area contributed by atoms with Gasteiger partial charge in [-0.25, -0.2) is 0 Å². The molecule has 0 spiro atoms. The van der Waals surface area contributed by atoms with E-state index in [2.05, 4.69) is 31.7 Å². The van der Waals surface area contributed by atoms with Crippen LogP contribution >= 0.6 is 35.0 Å². The smallest absolute Gasteiger partial charge is 0.306 e. The maximum atomic E-state index is 14.3. The van der Waals surface area contributed by atoms with E-state index in [1.807, 2.05) is 61.2 Å². The van der Waals surface area contributed by atoms with Crippen LogP contribution in [0.25, 0.3) is 0 Å². The van der Waals surface area contributed by atoms with E-state index in [4.69, 9.17) is 27.9 Å². The monoisotopic (exact) mass is 535 g/mol. The second-order valence-electron chi connectivity index (χ2n) is 9.83. The fourth-order valence-electron chi connectivity index (χ4n) is 5.04. The maximum Gasteiger partial charge on any atom is 0.306 e. The highest BCUT2D eigenvalue weighted by Crippen LogP contribution is 2.52. The van der Waals surface area contributed by atoms with E-state index in [-0.39, 0.29) is 36.3 Å². The molecule has 3 rings (SSSR count). The molecule has 1 aliphatic heterocycles. The zero-order chi connectivity index (χ0) is 25.8. The Hall–Kier alpha value is -1.69. The minimum absolute atomic E-state index is 0.00247. The molecule has 1 amide bonds. The third kappa shape index (κ3) is 6.55. The molecule has 1 saturated heterocycles. The number of thioether (sulfide) groups is 1. The van der Waals surface area contributed by atoms with Crippen LogP contribution in [-0.4, -0.2) is 40.9 Å². The molecule has 4 atom stereocenters. The van der Waals surface area contributed by atoms with Gasteiger partial charge in [0.05, 0.1) is 25.0 Å². The highest BCUT2D eigenvalue weighted by Gasteiger charge is 2.52. The van der Waals surface area contributed by atoms with Crippen LogP contribution in [0, 0.1) is 5.41 Å². The summed E-state index contributed by atoms with van der Waals surface area (Å²) in [5, 5.41) is 1.75. The Kier molecular flexibility index (Phi) is 9.59. The predicted molar refractivity (Wildman–Crippen MR) is 146 cm³/mol. The number of rotatable bonds is 9. The molecule has 35 heavy (non-hydrogen) atoms. The standard InChI is InChI=1S/C28H35Cl2NO3S/c1-6-23(17-35-18(2)3)31-26(19-10-12-21(29)13-11-19)24(20-8-7-9-22(30)14-20)15-28(4,27(31)33)16-25(32)34-5/h7-14,18,23-24,26H,6,15-17H2,1-5H3/t23?,24?,26-,28-/m1/s1. The molecule has 0 aromatic heterocycles. The number of nitrogens with zero attached hydrogens (tertiary/aromatic N) is 1. The van der Waals surface area contributed by atoms with Crippen molar-refractivity contribution >= 4 is 46.8 Å². The van der Waals surface area contributed by atoms with Gasteiger partial charge in [-0.1, -0.05) is 75.2 Å². The first-order chi connectivity index (χ1) is 16.6. The normalized spacial score (nSPS) is 23.4. The SMILES string of the molecule is CCC(CSC(C)C)N1C(=O)[C@@](C)(CC(=O)OC)CC(c2cccc(Cl)c2)[C@H]1c1ccc(Cl)cc1. The van der Waals surface area contributed by atoms with Gasteiger partial charge in [-0.05, 0) is 53.5 Å². The lowest BCUT2D eigenvalue weighted by molar-refractivity contribution is -0.161. The molecule has 1 fully saturated rings. The average Bonchev–Trinajstić information content (AvgIpc) is 2.82. The molecule has 1 heterocycles. The van der Waals surface area contributed by atoms with Gasteiger partial charge in [0.1, 0.15) is 0 Å². The van der Waals surface area contributed by atoms with Crippen LogP contribution in [0.1, 0.15) is 70.0 Å². The van der Waals surface area contributed by atoms with E-state index >= 15 is 0 Å². The molecule has 190 valence electrons. The van der Waals surface area contributed by atoms with Crippen molar-refractivity contribution in [2.24, 2.45) is 5.41 Å². The maximum absolute atomic E-state index is 14.3.